The smallest absolute Gasteiger partial charge is 0.454 e. The van der Waals surface area contributed by atoms with Crippen LogP contribution < -0.4 is 18.9 Å². The van der Waals surface area contributed by atoms with Gasteiger partial charge in [-0.3, -0.25) is 19.0 Å². The van der Waals surface area contributed by atoms with Crippen molar-refractivity contribution in [3.8, 4) is 45.5 Å². The number of aromatic nitrogens is 4. The molecule has 0 radical (unpaired) electrons. The van der Waals surface area contributed by atoms with E-state index in [2.05, 4.69) is 44.3 Å². The van der Waals surface area contributed by atoms with E-state index in [4.69, 9.17) is 29.0 Å². The second-order valence-corrected chi connectivity index (χ2v) is 19.5. The largest absolute Gasteiger partial charge is 0.496 e. The first-order valence-corrected chi connectivity index (χ1v) is 24.3. The van der Waals surface area contributed by atoms with Gasteiger partial charge in [-0.25, -0.2) is 0 Å². The van der Waals surface area contributed by atoms with Crippen molar-refractivity contribution in [1.29, 1.82) is 0 Å². The van der Waals surface area contributed by atoms with Crippen LogP contribution in [0.15, 0.2) is 102 Å². The van der Waals surface area contributed by atoms with E-state index in [-0.39, 0.29) is 17.6 Å². The van der Waals surface area contributed by atoms with Gasteiger partial charge < -0.3 is 38.8 Å². The molecule has 2 amide bonds. The predicted octanol–water partition coefficient (Wildman–Crippen LogP) is 8.50. The fourth-order valence-electron chi connectivity index (χ4n) is 10.2. The fourth-order valence-corrected chi connectivity index (χ4v) is 10.6. The van der Waals surface area contributed by atoms with Crippen molar-refractivity contribution >= 4 is 34.9 Å². The third-order valence-corrected chi connectivity index (χ3v) is 15.1. The first-order chi connectivity index (χ1) is 32.9. The maximum Gasteiger partial charge on any atom is 0.454 e. The maximum absolute atomic E-state index is 13.3. The van der Waals surface area contributed by atoms with Crippen LogP contribution >= 0.6 is 15.9 Å². The zero-order chi connectivity index (χ0) is 47.3. The number of hydrogen-bond acceptors (Lipinski definition) is 10. The summed E-state index contributed by atoms with van der Waals surface area (Å²) in [6, 6.07) is 27.6. The zero-order valence-electron chi connectivity index (χ0n) is 38.9. The van der Waals surface area contributed by atoms with Gasteiger partial charge in [-0.15, -0.1) is 0 Å². The number of nitrogens with zero attached hydrogens (tertiary/aromatic N) is 6. The molecule has 2 aromatic heterocycles. The Bertz CT molecular complexity index is 2860. The summed E-state index contributed by atoms with van der Waals surface area (Å²) in [5.41, 5.74) is 8.26. The van der Waals surface area contributed by atoms with Gasteiger partial charge in [-0.05, 0) is 101 Å². The number of likely N-dealkylation sites (tertiary alicyclic amines) is 2. The highest BCUT2D eigenvalue weighted by molar-refractivity contribution is 9.10. The van der Waals surface area contributed by atoms with Crippen molar-refractivity contribution < 1.29 is 38.6 Å². The normalized spacial score (nSPS) is 17.9. The van der Waals surface area contributed by atoms with E-state index in [9.17, 15) is 9.59 Å². The Labute approximate surface area is 405 Å². The second kappa shape index (κ2) is 18.4. The van der Waals surface area contributed by atoms with Gasteiger partial charge in [0.15, 0.2) is 0 Å². The van der Waals surface area contributed by atoms with Crippen LogP contribution in [0.25, 0.3) is 22.5 Å². The molecular formula is C52H56BBrN6O8. The Hall–Kier alpha value is -6.10. The Morgan fingerprint density at radius 1 is 0.662 bits per heavy atom. The minimum Gasteiger partial charge on any atom is -0.496 e. The third-order valence-electron chi connectivity index (χ3n) is 14.4. The molecule has 68 heavy (non-hydrogen) atoms. The lowest BCUT2D eigenvalue weighted by atomic mass is 9.81. The second-order valence-electron chi connectivity index (χ2n) is 18.7. The molecule has 6 heterocycles. The van der Waals surface area contributed by atoms with Crippen molar-refractivity contribution in [2.45, 2.75) is 74.3 Å². The van der Waals surface area contributed by atoms with Crippen LogP contribution in [0, 0.1) is 0 Å². The number of fused-ring (bicyclic) bond motifs is 8. The first-order valence-electron chi connectivity index (χ1n) is 23.5. The number of rotatable bonds is 6. The molecule has 2 saturated heterocycles. The topological polar surface area (TPSA) is 154 Å². The summed E-state index contributed by atoms with van der Waals surface area (Å²) >= 11 is 3.44. The van der Waals surface area contributed by atoms with Gasteiger partial charge >= 0.3 is 7.12 Å². The summed E-state index contributed by atoms with van der Waals surface area (Å²) in [5, 5.41) is 25.5. The molecule has 16 heteroatoms. The highest BCUT2D eigenvalue weighted by Gasteiger charge is 2.47. The van der Waals surface area contributed by atoms with Crippen LogP contribution in [0.4, 0.5) is 0 Å². The monoisotopic (exact) mass is 982 g/mol. The Morgan fingerprint density at radius 2 is 1.12 bits per heavy atom. The molecule has 4 aliphatic heterocycles. The Balaban J connectivity index is 0.000000141. The van der Waals surface area contributed by atoms with Gasteiger partial charge in [-0.1, -0.05) is 43.2 Å². The summed E-state index contributed by atoms with van der Waals surface area (Å²) in [5.74, 6) is 4.13. The molecule has 2 spiro atoms. The van der Waals surface area contributed by atoms with Crippen LogP contribution in [0.5, 0.6) is 23.0 Å². The van der Waals surface area contributed by atoms with E-state index in [1.165, 1.54) is 18.4 Å². The van der Waals surface area contributed by atoms with Crippen LogP contribution in [-0.2, 0) is 25.3 Å². The lowest BCUT2D eigenvalue weighted by Crippen LogP contribution is -2.49. The first kappa shape index (κ1) is 45.7. The molecule has 6 aliphatic rings. The highest BCUT2D eigenvalue weighted by atomic mass is 79.9. The number of aryl methyl sites for hydroxylation is 2. The van der Waals surface area contributed by atoms with Gasteiger partial charge in [0.1, 0.15) is 34.2 Å². The lowest BCUT2D eigenvalue weighted by Gasteiger charge is -2.44. The molecule has 4 fully saturated rings. The van der Waals surface area contributed by atoms with Crippen molar-refractivity contribution in [3.05, 3.63) is 130 Å². The highest BCUT2D eigenvalue weighted by Crippen LogP contribution is 2.51. The van der Waals surface area contributed by atoms with E-state index >= 15 is 0 Å². The number of carbonyl (C=O) groups excluding carboxylic acids is 2. The quantitative estimate of drug-likeness (QED) is 0.155. The lowest BCUT2D eigenvalue weighted by molar-refractivity contribution is -0.00226. The average Bonchev–Trinajstić information content (AvgIpc) is 4.31. The minimum absolute atomic E-state index is 0.0123. The van der Waals surface area contributed by atoms with Crippen LogP contribution in [0.2, 0.25) is 5.82 Å². The number of methoxy groups -OCH3 is 2. The van der Waals surface area contributed by atoms with Gasteiger partial charge in [0.2, 0.25) is 0 Å². The Kier molecular flexibility index (Phi) is 12.4. The molecule has 12 rings (SSSR count). The van der Waals surface area contributed by atoms with Gasteiger partial charge in [-0.2, -0.15) is 10.2 Å². The summed E-state index contributed by atoms with van der Waals surface area (Å²) < 4.78 is 28.8. The average molecular weight is 984 g/mol. The van der Waals surface area contributed by atoms with Crippen molar-refractivity contribution in [2.24, 2.45) is 14.1 Å². The van der Waals surface area contributed by atoms with Gasteiger partial charge in [0.25, 0.3) is 11.8 Å². The van der Waals surface area contributed by atoms with Crippen LogP contribution in [0.3, 0.4) is 0 Å². The standard InChI is InChI=1S/C26H27N3O3.C23H22BrN3O3.C3H7BO2/c1-28-24-20-5-3-4-6-22(20)32-26(21(24)16-27-28)11-13-29(14-12-26)25(30)18-9-10-19(17-7-8-17)23(15-18)31-2;1-26-21-16-5-3-4-6-19(16)30-23(17(21)14-25-26)9-11-27(12-10-23)22(28)15-7-8-18(24)20(13-15)29-2;5-4(6)3-1-2-3/h3-6,9-10,15-17H,7-8,11-14H2,1-2H3;3-8,13-14H,9-12H2,1-2H3;3,5-6H,1-2H2. The fraction of sp³-hybridized carbons (Fsp3) is 0.385. The molecule has 352 valence electrons. The number of carbonyl (C=O) groups is 2. The zero-order valence-corrected chi connectivity index (χ0v) is 40.4. The number of hydrogen-bond donors (Lipinski definition) is 2. The molecule has 2 aliphatic carbocycles. The molecule has 2 N–H and O–H groups in total. The third kappa shape index (κ3) is 8.55. The molecular weight excluding hydrogens is 927 g/mol. The number of ether oxygens (including phenoxy) is 4. The molecule has 6 aromatic rings. The van der Waals surface area contributed by atoms with Gasteiger partial charge in [0.05, 0.1) is 42.5 Å². The van der Waals surface area contributed by atoms with E-state index in [1.807, 2.05) is 106 Å². The summed E-state index contributed by atoms with van der Waals surface area (Å²) in [6.07, 6.45) is 11.2. The van der Waals surface area contributed by atoms with Crippen molar-refractivity contribution in [2.75, 3.05) is 40.4 Å². The summed E-state index contributed by atoms with van der Waals surface area (Å²) in [4.78, 5) is 30.2. The molecule has 0 unspecified atom stereocenters. The molecule has 14 nitrogen and oxygen atoms in total. The van der Waals surface area contributed by atoms with E-state index < -0.39 is 18.3 Å². The summed E-state index contributed by atoms with van der Waals surface area (Å²) in [7, 11) is 6.19. The number of benzene rings is 4. The van der Waals surface area contributed by atoms with E-state index in [0.29, 0.717) is 49.0 Å². The molecule has 0 bridgehead atoms. The Morgan fingerprint density at radius 3 is 1.54 bits per heavy atom. The van der Waals surface area contributed by atoms with Crippen molar-refractivity contribution in [1.82, 2.24) is 29.4 Å². The number of para-hydroxylation sites is 2. The van der Waals surface area contributed by atoms with E-state index in [1.54, 1.807) is 20.3 Å². The number of halogens is 1. The predicted molar refractivity (Wildman–Crippen MR) is 261 cm³/mol. The number of amides is 2. The number of piperidine rings is 2. The van der Waals surface area contributed by atoms with Crippen LogP contribution in [-0.4, -0.2) is 98.7 Å². The van der Waals surface area contributed by atoms with Gasteiger partial charge in [0, 0.05) is 99.3 Å². The molecule has 4 aromatic carbocycles. The maximum atomic E-state index is 13.3. The van der Waals surface area contributed by atoms with Crippen LogP contribution in [0.1, 0.15) is 94.7 Å². The van der Waals surface area contributed by atoms with E-state index in [0.717, 1.165) is 93.9 Å². The molecule has 0 atom stereocenters. The molecule has 2 saturated carbocycles. The minimum atomic E-state index is -1.04. The van der Waals surface area contributed by atoms with Crippen molar-refractivity contribution in [3.63, 3.8) is 0 Å². The summed E-state index contributed by atoms with van der Waals surface area (Å²) in [6.45, 7) is 2.52. The SMILES string of the molecule is COc1cc(C(=O)N2CCC3(CC2)Oc2ccccc2-c2c3cnn2C)ccc1Br.COc1cc(C(=O)N2CCC3(CC2)Oc2ccccc2-c2c3cnn2C)ccc1C1CC1.OB(O)C1CC1.